The Bertz CT molecular complexity index is 2600. The summed E-state index contributed by atoms with van der Waals surface area (Å²) in [5.41, 5.74) is 18.4. The first-order valence-corrected chi connectivity index (χ1v) is 18.6. The Hall–Kier alpha value is -6.44. The minimum atomic E-state index is -0.446. The quantitative estimate of drug-likeness (QED) is 0.175. The summed E-state index contributed by atoms with van der Waals surface area (Å²) >= 11 is 0. The molecule has 252 valence electrons. The van der Waals surface area contributed by atoms with Crippen molar-refractivity contribution in [2.75, 3.05) is 4.90 Å². The van der Waals surface area contributed by atoms with Crippen LogP contribution in [0.15, 0.2) is 200 Å². The van der Waals surface area contributed by atoms with Gasteiger partial charge in [-0.05, 0) is 86.0 Å². The van der Waals surface area contributed by atoms with Crippen LogP contribution in [-0.4, -0.2) is 0 Å². The van der Waals surface area contributed by atoms with Crippen molar-refractivity contribution in [3.8, 4) is 33.4 Å². The average molecular weight is 678 g/mol. The molecule has 1 spiro atoms. The predicted molar refractivity (Wildman–Crippen MR) is 221 cm³/mol. The lowest BCUT2D eigenvalue weighted by Gasteiger charge is -2.46. The van der Waals surface area contributed by atoms with Gasteiger partial charge in [0.05, 0.1) is 16.8 Å². The standard InChI is InChI=1S/C52H39N/c1-51(2)44-27-13-15-29-46(44)52(47-30-16-14-28-45(47)51)43-26-12-9-25-41(43)42-34-33-37(35-48(42)52)40-24-11-18-32-50(40)53(38-21-7-4-8-22-38)49-31-17-10-23-39(49)36-19-5-3-6-20-36/h3-35H,1-2H3. The minimum absolute atomic E-state index is 0.136. The molecule has 0 N–H and O–H groups in total. The van der Waals surface area contributed by atoms with Gasteiger partial charge >= 0.3 is 0 Å². The number of rotatable bonds is 5. The molecule has 2 aliphatic rings. The van der Waals surface area contributed by atoms with E-state index in [1.54, 1.807) is 0 Å². The molecule has 0 amide bonds. The number of hydrogen-bond acceptors (Lipinski definition) is 1. The van der Waals surface area contributed by atoms with E-state index in [2.05, 4.69) is 219 Å². The predicted octanol–water partition coefficient (Wildman–Crippen LogP) is 13.5. The molecule has 0 aromatic heterocycles. The van der Waals surface area contributed by atoms with E-state index in [4.69, 9.17) is 0 Å². The van der Waals surface area contributed by atoms with Crippen molar-refractivity contribution in [2.24, 2.45) is 0 Å². The van der Waals surface area contributed by atoms with Crippen molar-refractivity contribution in [2.45, 2.75) is 24.7 Å². The monoisotopic (exact) mass is 677 g/mol. The molecular weight excluding hydrogens is 639 g/mol. The highest BCUT2D eigenvalue weighted by atomic mass is 15.1. The van der Waals surface area contributed by atoms with Crippen LogP contribution in [-0.2, 0) is 10.8 Å². The number of hydrogen-bond donors (Lipinski definition) is 0. The van der Waals surface area contributed by atoms with Crippen LogP contribution in [0.4, 0.5) is 17.1 Å². The van der Waals surface area contributed by atoms with Gasteiger partial charge in [0.2, 0.25) is 0 Å². The molecule has 0 fully saturated rings. The van der Waals surface area contributed by atoms with Gasteiger partial charge in [-0.15, -0.1) is 0 Å². The summed E-state index contributed by atoms with van der Waals surface area (Å²) in [4.78, 5) is 2.43. The van der Waals surface area contributed by atoms with E-state index >= 15 is 0 Å². The van der Waals surface area contributed by atoms with Crippen LogP contribution in [0.25, 0.3) is 33.4 Å². The van der Waals surface area contributed by atoms with Crippen LogP contribution >= 0.6 is 0 Å². The summed E-state index contributed by atoms with van der Waals surface area (Å²) in [5, 5.41) is 0. The van der Waals surface area contributed by atoms with Gasteiger partial charge in [0.1, 0.15) is 0 Å². The molecule has 0 saturated heterocycles. The van der Waals surface area contributed by atoms with Gasteiger partial charge in [0, 0.05) is 22.2 Å². The number of fused-ring (bicyclic) bond motifs is 9. The summed E-state index contributed by atoms with van der Waals surface area (Å²) in [5.74, 6) is 0. The van der Waals surface area contributed by atoms with Gasteiger partial charge in [-0.3, -0.25) is 0 Å². The summed E-state index contributed by atoms with van der Waals surface area (Å²) in [6.07, 6.45) is 0. The Balaban J connectivity index is 1.24. The highest BCUT2D eigenvalue weighted by Crippen LogP contribution is 2.62. The molecule has 53 heavy (non-hydrogen) atoms. The fourth-order valence-electron chi connectivity index (χ4n) is 9.46. The van der Waals surface area contributed by atoms with Crippen molar-refractivity contribution in [1.82, 2.24) is 0 Å². The summed E-state index contributed by atoms with van der Waals surface area (Å²) < 4.78 is 0. The van der Waals surface area contributed by atoms with Crippen molar-refractivity contribution in [3.05, 3.63) is 234 Å². The molecule has 0 radical (unpaired) electrons. The lowest BCUT2D eigenvalue weighted by atomic mass is 9.55. The van der Waals surface area contributed by atoms with Crippen molar-refractivity contribution in [3.63, 3.8) is 0 Å². The van der Waals surface area contributed by atoms with E-state index in [0.717, 1.165) is 17.1 Å². The zero-order valence-corrected chi connectivity index (χ0v) is 30.0. The van der Waals surface area contributed by atoms with Crippen molar-refractivity contribution < 1.29 is 0 Å². The maximum Gasteiger partial charge on any atom is 0.0719 e. The van der Waals surface area contributed by atoms with E-state index in [1.165, 1.54) is 66.8 Å². The van der Waals surface area contributed by atoms with Gasteiger partial charge in [-0.25, -0.2) is 0 Å². The third-order valence-corrected chi connectivity index (χ3v) is 11.8. The molecule has 0 aliphatic heterocycles. The second kappa shape index (κ2) is 12.1. The largest absolute Gasteiger partial charge is 0.309 e. The molecule has 1 nitrogen and oxygen atoms in total. The molecule has 0 heterocycles. The first kappa shape index (κ1) is 31.3. The minimum Gasteiger partial charge on any atom is -0.309 e. The molecule has 2 aliphatic carbocycles. The van der Waals surface area contributed by atoms with E-state index in [-0.39, 0.29) is 5.41 Å². The van der Waals surface area contributed by atoms with E-state index in [9.17, 15) is 0 Å². The highest BCUT2D eigenvalue weighted by molar-refractivity contribution is 5.95. The van der Waals surface area contributed by atoms with Crippen LogP contribution in [0, 0.1) is 0 Å². The summed E-state index contributed by atoms with van der Waals surface area (Å²) in [6.45, 7) is 4.77. The zero-order chi connectivity index (χ0) is 35.6. The molecule has 0 atom stereocenters. The lowest BCUT2D eigenvalue weighted by Crippen LogP contribution is -2.40. The Morgan fingerprint density at radius 2 is 0.755 bits per heavy atom. The number of benzene rings is 8. The van der Waals surface area contributed by atoms with Gasteiger partial charge in [0.25, 0.3) is 0 Å². The number of para-hydroxylation sites is 3. The second-order valence-electron chi connectivity index (χ2n) is 14.8. The molecule has 8 aromatic rings. The highest BCUT2D eigenvalue weighted by Gasteiger charge is 2.53. The third kappa shape index (κ3) is 4.57. The van der Waals surface area contributed by atoms with E-state index in [0.29, 0.717) is 0 Å². The summed E-state index contributed by atoms with van der Waals surface area (Å²) in [6, 6.07) is 73.9. The Labute approximate surface area is 312 Å². The SMILES string of the molecule is CC1(C)c2ccccc2C2(c3ccccc3-c3ccc(-c4ccccc4N(c4ccccc4)c4ccccc4-c4ccccc4)cc32)c2ccccc21. The van der Waals surface area contributed by atoms with E-state index in [1.807, 2.05) is 0 Å². The molecule has 8 aromatic carbocycles. The number of nitrogens with zero attached hydrogens (tertiary/aromatic N) is 1. The second-order valence-corrected chi connectivity index (χ2v) is 14.8. The fraction of sp³-hybridized carbons (Fsp3) is 0.0769. The van der Waals surface area contributed by atoms with Crippen LogP contribution in [0.2, 0.25) is 0 Å². The van der Waals surface area contributed by atoms with Gasteiger partial charge < -0.3 is 4.90 Å². The smallest absolute Gasteiger partial charge is 0.0719 e. The van der Waals surface area contributed by atoms with Gasteiger partial charge in [0.15, 0.2) is 0 Å². The third-order valence-electron chi connectivity index (χ3n) is 11.8. The van der Waals surface area contributed by atoms with Gasteiger partial charge in [-0.2, -0.15) is 0 Å². The molecule has 10 rings (SSSR count). The summed E-state index contributed by atoms with van der Waals surface area (Å²) in [7, 11) is 0. The lowest BCUT2D eigenvalue weighted by molar-refractivity contribution is 0.563. The van der Waals surface area contributed by atoms with Crippen LogP contribution in [0.5, 0.6) is 0 Å². The molecule has 0 saturated carbocycles. The first-order valence-electron chi connectivity index (χ1n) is 18.6. The molecule has 0 unspecified atom stereocenters. The van der Waals surface area contributed by atoms with Crippen molar-refractivity contribution >= 4 is 17.1 Å². The van der Waals surface area contributed by atoms with Gasteiger partial charge in [-0.1, -0.05) is 184 Å². The fourth-order valence-corrected chi connectivity index (χ4v) is 9.46. The Kier molecular flexibility index (Phi) is 7.13. The maximum atomic E-state index is 2.51. The maximum absolute atomic E-state index is 2.51. The average Bonchev–Trinajstić information content (AvgIpc) is 3.52. The Morgan fingerprint density at radius 3 is 1.36 bits per heavy atom. The first-order chi connectivity index (χ1) is 26.1. The van der Waals surface area contributed by atoms with Crippen LogP contribution in [0.3, 0.4) is 0 Å². The van der Waals surface area contributed by atoms with E-state index < -0.39 is 5.41 Å². The van der Waals surface area contributed by atoms with Crippen molar-refractivity contribution in [1.29, 1.82) is 0 Å². The van der Waals surface area contributed by atoms with Crippen LogP contribution < -0.4 is 4.90 Å². The zero-order valence-electron chi connectivity index (χ0n) is 30.0. The molecule has 1 heteroatoms. The molecular formula is C52H39N. The Morgan fingerprint density at radius 1 is 0.321 bits per heavy atom. The topological polar surface area (TPSA) is 3.24 Å². The molecule has 0 bridgehead atoms. The normalized spacial score (nSPS) is 14.2. The number of anilines is 3. The van der Waals surface area contributed by atoms with Crippen LogP contribution in [0.1, 0.15) is 47.2 Å².